The van der Waals surface area contributed by atoms with E-state index in [-0.39, 0.29) is 6.04 Å². The third-order valence-corrected chi connectivity index (χ3v) is 4.58. The van der Waals surface area contributed by atoms with Crippen molar-refractivity contribution in [3.8, 4) is 0 Å². The molecule has 1 aliphatic heterocycles. The largest absolute Gasteiger partial charge is 0.295 e. The number of hydrogen-bond donors (Lipinski definition) is 0. The van der Waals surface area contributed by atoms with Gasteiger partial charge in [-0.2, -0.15) is 11.8 Å². The summed E-state index contributed by atoms with van der Waals surface area (Å²) in [5.41, 5.74) is 1.11. The second-order valence-corrected chi connectivity index (χ2v) is 5.91. The van der Waals surface area contributed by atoms with Gasteiger partial charge in [0.2, 0.25) is 0 Å². The molecule has 90 valence electrons. The molecule has 1 heterocycles. The van der Waals surface area contributed by atoms with Gasteiger partial charge in [0.15, 0.2) is 5.78 Å². The number of thioether (sulfide) groups is 1. The van der Waals surface area contributed by atoms with E-state index in [2.05, 4.69) is 18.0 Å². The van der Waals surface area contributed by atoms with Crippen molar-refractivity contribution in [1.29, 1.82) is 0 Å². The monoisotopic (exact) mass is 239 g/mol. The van der Waals surface area contributed by atoms with Crippen molar-refractivity contribution in [2.75, 3.05) is 25.1 Å². The Hall–Kier alpha value is -0.280. The number of ketones is 1. The van der Waals surface area contributed by atoms with E-state index in [1.54, 1.807) is 0 Å². The average molecular weight is 239 g/mol. The lowest BCUT2D eigenvalue weighted by Crippen LogP contribution is -2.45. The molecular formula is C13H21NOS. The van der Waals surface area contributed by atoms with Gasteiger partial charge in [-0.25, -0.2) is 0 Å². The molecule has 1 fully saturated rings. The summed E-state index contributed by atoms with van der Waals surface area (Å²) in [6.07, 6.45) is 8.04. The molecule has 2 rings (SSSR count). The minimum atomic E-state index is 0.142. The van der Waals surface area contributed by atoms with Crippen LogP contribution in [-0.2, 0) is 4.79 Å². The minimum Gasteiger partial charge on any atom is -0.295 e. The molecule has 2 nitrogen and oxygen atoms in total. The smallest absolute Gasteiger partial charge is 0.176 e. The summed E-state index contributed by atoms with van der Waals surface area (Å²) in [7, 11) is 2.08. The second kappa shape index (κ2) is 5.87. The number of carbonyl (C=O) groups is 1. The molecule has 0 aromatic carbocycles. The predicted molar refractivity (Wildman–Crippen MR) is 69.9 cm³/mol. The van der Waals surface area contributed by atoms with E-state index in [0.29, 0.717) is 5.78 Å². The van der Waals surface area contributed by atoms with E-state index in [1.165, 1.54) is 25.0 Å². The Balaban J connectivity index is 2.02. The summed E-state index contributed by atoms with van der Waals surface area (Å²) in [6, 6.07) is 0.142. The van der Waals surface area contributed by atoms with Gasteiger partial charge in [-0.3, -0.25) is 9.69 Å². The van der Waals surface area contributed by atoms with E-state index in [0.717, 1.165) is 30.7 Å². The van der Waals surface area contributed by atoms with Crippen LogP contribution in [0.1, 0.15) is 32.1 Å². The number of likely N-dealkylation sites (N-methyl/N-ethyl adjacent to an activating group) is 1. The van der Waals surface area contributed by atoms with E-state index >= 15 is 0 Å². The molecule has 0 bridgehead atoms. The molecule has 0 N–H and O–H groups in total. The zero-order chi connectivity index (χ0) is 11.4. The molecule has 1 unspecified atom stereocenters. The first-order valence-electron chi connectivity index (χ1n) is 6.30. The molecule has 0 spiro atoms. The van der Waals surface area contributed by atoms with Gasteiger partial charge < -0.3 is 0 Å². The van der Waals surface area contributed by atoms with Gasteiger partial charge in [0.25, 0.3) is 0 Å². The highest BCUT2D eigenvalue weighted by atomic mass is 32.2. The molecule has 0 aromatic rings. The molecule has 2 aliphatic rings. The Kier molecular flexibility index (Phi) is 4.47. The Morgan fingerprint density at radius 1 is 1.44 bits per heavy atom. The fraction of sp³-hybridized carbons (Fsp3) is 0.769. The minimum absolute atomic E-state index is 0.142. The maximum Gasteiger partial charge on any atom is 0.176 e. The van der Waals surface area contributed by atoms with Crippen LogP contribution >= 0.6 is 11.8 Å². The van der Waals surface area contributed by atoms with E-state index in [1.807, 2.05) is 11.8 Å². The van der Waals surface area contributed by atoms with Crippen molar-refractivity contribution in [2.24, 2.45) is 0 Å². The van der Waals surface area contributed by atoms with Crippen LogP contribution in [0.15, 0.2) is 11.6 Å². The average Bonchev–Trinajstić information content (AvgIpc) is 2.57. The number of rotatable bonds is 2. The van der Waals surface area contributed by atoms with Crippen LogP contribution in [0.4, 0.5) is 0 Å². The highest BCUT2D eigenvalue weighted by molar-refractivity contribution is 7.99. The Bertz CT molecular complexity index is 288. The lowest BCUT2D eigenvalue weighted by atomic mass is 10.00. The fourth-order valence-corrected chi connectivity index (χ4v) is 3.63. The van der Waals surface area contributed by atoms with Gasteiger partial charge in [0, 0.05) is 18.1 Å². The maximum absolute atomic E-state index is 12.4. The van der Waals surface area contributed by atoms with Crippen LogP contribution < -0.4 is 0 Å². The van der Waals surface area contributed by atoms with Crippen LogP contribution in [0.25, 0.3) is 0 Å². The number of hydrogen-bond acceptors (Lipinski definition) is 3. The van der Waals surface area contributed by atoms with Crippen molar-refractivity contribution >= 4 is 17.5 Å². The van der Waals surface area contributed by atoms with Crippen molar-refractivity contribution in [1.82, 2.24) is 4.90 Å². The Morgan fingerprint density at radius 3 is 3.12 bits per heavy atom. The first-order chi connectivity index (χ1) is 7.79. The van der Waals surface area contributed by atoms with Crippen molar-refractivity contribution in [3.63, 3.8) is 0 Å². The van der Waals surface area contributed by atoms with Gasteiger partial charge in [-0.15, -0.1) is 0 Å². The molecular weight excluding hydrogens is 218 g/mol. The number of Topliss-reactive ketones (excluding diaryl/α,β-unsaturated/α-hetero) is 1. The van der Waals surface area contributed by atoms with Gasteiger partial charge >= 0.3 is 0 Å². The molecule has 1 saturated heterocycles. The molecule has 16 heavy (non-hydrogen) atoms. The summed E-state index contributed by atoms with van der Waals surface area (Å²) in [5, 5.41) is 0. The predicted octanol–water partition coefficient (Wildman–Crippen LogP) is 2.49. The van der Waals surface area contributed by atoms with Gasteiger partial charge in [-0.05, 0) is 38.3 Å². The van der Waals surface area contributed by atoms with Crippen LogP contribution in [0.5, 0.6) is 0 Å². The molecule has 0 saturated carbocycles. The van der Waals surface area contributed by atoms with Crippen molar-refractivity contribution in [2.45, 2.75) is 38.1 Å². The van der Waals surface area contributed by atoms with Crippen molar-refractivity contribution < 1.29 is 4.79 Å². The normalized spacial score (nSPS) is 28.3. The summed E-state index contributed by atoms with van der Waals surface area (Å²) in [4.78, 5) is 14.6. The number of carbonyl (C=O) groups excluding carboxylic acids is 1. The summed E-state index contributed by atoms with van der Waals surface area (Å²) < 4.78 is 0. The molecule has 0 aromatic heterocycles. The fourth-order valence-electron chi connectivity index (χ4n) is 2.42. The third-order valence-electron chi connectivity index (χ3n) is 3.56. The first kappa shape index (κ1) is 12.2. The van der Waals surface area contributed by atoms with E-state index in [4.69, 9.17) is 0 Å². The zero-order valence-electron chi connectivity index (χ0n) is 10.1. The number of nitrogens with zero attached hydrogens (tertiary/aromatic N) is 1. The molecule has 3 heteroatoms. The van der Waals surface area contributed by atoms with Gasteiger partial charge in [0.1, 0.15) is 0 Å². The topological polar surface area (TPSA) is 20.3 Å². The van der Waals surface area contributed by atoms with Crippen LogP contribution in [0.2, 0.25) is 0 Å². The quantitative estimate of drug-likeness (QED) is 0.738. The van der Waals surface area contributed by atoms with E-state index < -0.39 is 0 Å². The zero-order valence-corrected chi connectivity index (χ0v) is 10.9. The second-order valence-electron chi connectivity index (χ2n) is 4.76. The molecule has 1 atom stereocenters. The highest BCUT2D eigenvalue weighted by Crippen LogP contribution is 2.23. The Morgan fingerprint density at radius 2 is 2.31 bits per heavy atom. The number of allylic oxidation sites excluding steroid dienone is 1. The molecule has 1 aliphatic carbocycles. The van der Waals surface area contributed by atoms with Gasteiger partial charge in [-0.1, -0.05) is 12.5 Å². The molecule has 0 radical (unpaired) electrons. The summed E-state index contributed by atoms with van der Waals surface area (Å²) >= 11 is 1.91. The maximum atomic E-state index is 12.4. The summed E-state index contributed by atoms with van der Waals surface area (Å²) in [5.74, 6) is 2.54. The first-order valence-corrected chi connectivity index (χ1v) is 7.46. The lowest BCUT2D eigenvalue weighted by Gasteiger charge is -2.31. The van der Waals surface area contributed by atoms with Crippen LogP contribution in [0.3, 0.4) is 0 Å². The van der Waals surface area contributed by atoms with E-state index in [9.17, 15) is 4.79 Å². The highest BCUT2D eigenvalue weighted by Gasteiger charge is 2.28. The summed E-state index contributed by atoms with van der Waals surface area (Å²) in [6.45, 7) is 1.05. The van der Waals surface area contributed by atoms with Crippen LogP contribution in [-0.4, -0.2) is 41.8 Å². The standard InChI is InChI=1S/C13H21NOS/c1-14-8-9-16-10-12(14)13(15)11-6-4-2-3-5-7-11/h6,12H,2-5,7-10H2,1H3. The van der Waals surface area contributed by atoms with Crippen LogP contribution in [0, 0.1) is 0 Å². The Labute approximate surface area is 102 Å². The third kappa shape index (κ3) is 2.89. The SMILES string of the molecule is CN1CCSCC1C(=O)C1=CCCCCC1. The molecule has 0 amide bonds. The lowest BCUT2D eigenvalue weighted by molar-refractivity contribution is -0.119. The van der Waals surface area contributed by atoms with Gasteiger partial charge in [0.05, 0.1) is 6.04 Å². The van der Waals surface area contributed by atoms with Crippen molar-refractivity contribution in [3.05, 3.63) is 11.6 Å².